The lowest BCUT2D eigenvalue weighted by molar-refractivity contribution is -0.219. The number of esters is 1. The summed E-state index contributed by atoms with van der Waals surface area (Å²) in [7, 11) is -4.30. The SMILES string of the molecule is CC(=NC(O)OC(C)OC(=O)C(C)C)P(=O)(O)CC(Cc1ccc(-c2ccccc2)cc1)C(=O)NC(C)C(=O)O. The Morgan fingerprint density at radius 1 is 0.975 bits per heavy atom. The van der Waals surface area contributed by atoms with Crippen molar-refractivity contribution in [3.8, 4) is 11.1 Å². The number of carbonyl (C=O) groups is 3. The van der Waals surface area contributed by atoms with Gasteiger partial charge in [-0.05, 0) is 43.9 Å². The normalized spacial score (nSPS) is 16.4. The Bertz CT molecular complexity index is 1230. The highest BCUT2D eigenvalue weighted by atomic mass is 31.2. The number of nitrogens with one attached hydrogen (secondary N) is 1. The largest absolute Gasteiger partial charge is 0.480 e. The minimum Gasteiger partial charge on any atom is -0.480 e. The Labute approximate surface area is 233 Å². The molecule has 0 spiro atoms. The molecule has 0 aromatic heterocycles. The zero-order valence-electron chi connectivity index (χ0n) is 23.2. The number of aliphatic hydroxyl groups excluding tert-OH is 1. The van der Waals surface area contributed by atoms with E-state index in [4.69, 9.17) is 9.47 Å². The maximum Gasteiger partial charge on any atom is 0.325 e. The van der Waals surface area contributed by atoms with Gasteiger partial charge >= 0.3 is 11.9 Å². The molecule has 218 valence electrons. The first-order valence-electron chi connectivity index (χ1n) is 12.8. The van der Waals surface area contributed by atoms with E-state index in [1.54, 1.807) is 26.0 Å². The molecule has 40 heavy (non-hydrogen) atoms. The zero-order valence-corrected chi connectivity index (χ0v) is 24.1. The molecule has 1 amide bonds. The predicted molar refractivity (Wildman–Crippen MR) is 150 cm³/mol. The molecule has 11 nitrogen and oxygen atoms in total. The van der Waals surface area contributed by atoms with Crippen molar-refractivity contribution >= 4 is 30.7 Å². The van der Waals surface area contributed by atoms with Crippen LogP contribution in [0.25, 0.3) is 11.1 Å². The monoisotopic (exact) mass is 576 g/mol. The van der Waals surface area contributed by atoms with Gasteiger partial charge in [-0.15, -0.1) is 0 Å². The first-order chi connectivity index (χ1) is 18.7. The summed E-state index contributed by atoms with van der Waals surface area (Å²) in [6.07, 6.45) is -3.59. The number of ether oxygens (including phenoxy) is 2. The summed E-state index contributed by atoms with van der Waals surface area (Å²) >= 11 is 0. The van der Waals surface area contributed by atoms with Crippen LogP contribution in [0.2, 0.25) is 0 Å². The number of aliphatic carboxylic acids is 1. The van der Waals surface area contributed by atoms with E-state index >= 15 is 0 Å². The minimum absolute atomic E-state index is 0.0479. The first-order valence-corrected chi connectivity index (χ1v) is 14.6. The number of rotatable bonds is 14. The summed E-state index contributed by atoms with van der Waals surface area (Å²) in [5.74, 6) is -4.04. The summed E-state index contributed by atoms with van der Waals surface area (Å²) in [5, 5.41) is 21.7. The second kappa shape index (κ2) is 14.9. The third-order valence-electron chi connectivity index (χ3n) is 5.98. The van der Waals surface area contributed by atoms with Gasteiger partial charge in [-0.1, -0.05) is 68.4 Å². The van der Waals surface area contributed by atoms with E-state index in [-0.39, 0.29) is 11.9 Å². The molecule has 0 saturated carbocycles. The van der Waals surface area contributed by atoms with Crippen molar-refractivity contribution in [1.29, 1.82) is 0 Å². The van der Waals surface area contributed by atoms with Crippen molar-refractivity contribution in [2.24, 2.45) is 16.8 Å². The molecule has 0 fully saturated rings. The quantitative estimate of drug-likeness (QED) is 0.113. The fourth-order valence-corrected chi connectivity index (χ4v) is 5.03. The summed E-state index contributed by atoms with van der Waals surface area (Å²) in [6.45, 7) is 7.11. The average Bonchev–Trinajstić information content (AvgIpc) is 2.88. The molecule has 4 N–H and O–H groups in total. The van der Waals surface area contributed by atoms with E-state index < -0.39 is 62.0 Å². The molecule has 0 heterocycles. The maximum atomic E-state index is 13.2. The van der Waals surface area contributed by atoms with Gasteiger partial charge in [0.2, 0.25) is 19.6 Å². The van der Waals surface area contributed by atoms with Gasteiger partial charge in [-0.2, -0.15) is 0 Å². The van der Waals surface area contributed by atoms with Gasteiger partial charge in [-0.3, -0.25) is 23.7 Å². The number of carboxylic acids is 1. The Hall–Kier alpha value is -3.37. The molecule has 2 rings (SSSR count). The molecule has 0 aliphatic rings. The lowest BCUT2D eigenvalue weighted by Gasteiger charge is -2.22. The minimum atomic E-state index is -4.30. The Kier molecular flexibility index (Phi) is 12.2. The molecular weight excluding hydrogens is 539 g/mol. The van der Waals surface area contributed by atoms with Crippen LogP contribution in [-0.4, -0.2) is 63.3 Å². The Morgan fingerprint density at radius 3 is 2.10 bits per heavy atom. The van der Waals surface area contributed by atoms with Gasteiger partial charge in [0, 0.05) is 6.16 Å². The van der Waals surface area contributed by atoms with Gasteiger partial charge in [0.15, 0.2) is 0 Å². The van der Waals surface area contributed by atoms with E-state index in [9.17, 15) is 34.1 Å². The number of aliphatic imine (C=N–C) groups is 1. The molecule has 2 aromatic rings. The van der Waals surface area contributed by atoms with Crippen LogP contribution in [0, 0.1) is 11.8 Å². The number of hydrogen-bond donors (Lipinski definition) is 4. The molecule has 0 bridgehead atoms. The molecule has 0 radical (unpaired) electrons. The van der Waals surface area contributed by atoms with Crippen molar-refractivity contribution < 1.29 is 43.5 Å². The van der Waals surface area contributed by atoms with Gasteiger partial charge in [-0.25, -0.2) is 4.99 Å². The summed E-state index contributed by atoms with van der Waals surface area (Å²) in [6, 6.07) is 15.8. The highest BCUT2D eigenvalue weighted by molar-refractivity contribution is 7.75. The highest BCUT2D eigenvalue weighted by Gasteiger charge is 2.33. The van der Waals surface area contributed by atoms with Gasteiger partial charge in [0.05, 0.1) is 17.3 Å². The average molecular weight is 577 g/mol. The summed E-state index contributed by atoms with van der Waals surface area (Å²) in [4.78, 5) is 50.5. The molecular formula is C28H37N2O9P. The second-order valence-electron chi connectivity index (χ2n) is 9.71. The molecule has 2 aromatic carbocycles. The standard InChI is InChI=1S/C28H37N2O9P/c1-17(2)27(34)38-20(5)39-28(35)30-19(4)40(36,37)16-24(25(31)29-18(3)26(32)33)15-21-11-13-23(14-12-21)22-9-7-6-8-10-22/h6-14,17-18,20,24,28,35H,15-16H2,1-5H3,(H,29,31)(H,32,33)(H,36,37). The number of amides is 1. The van der Waals surface area contributed by atoms with Crippen molar-refractivity contribution in [3.63, 3.8) is 0 Å². The third-order valence-corrected chi connectivity index (χ3v) is 8.04. The van der Waals surface area contributed by atoms with E-state index in [2.05, 4.69) is 10.3 Å². The third kappa shape index (κ3) is 10.3. The van der Waals surface area contributed by atoms with Gasteiger partial charge in [0.1, 0.15) is 6.04 Å². The number of benzene rings is 2. The first kappa shape index (κ1) is 32.8. The molecule has 0 aliphatic carbocycles. The van der Waals surface area contributed by atoms with Crippen LogP contribution in [0.3, 0.4) is 0 Å². The van der Waals surface area contributed by atoms with Crippen LogP contribution in [0.1, 0.15) is 40.2 Å². The van der Waals surface area contributed by atoms with Crippen molar-refractivity contribution in [2.75, 3.05) is 6.16 Å². The Balaban J connectivity index is 2.21. The number of hydrogen-bond acceptors (Lipinski definition) is 8. The highest BCUT2D eigenvalue weighted by Crippen LogP contribution is 2.45. The fraction of sp³-hybridized carbons (Fsp3) is 0.429. The van der Waals surface area contributed by atoms with Gasteiger partial charge < -0.3 is 25.2 Å². The van der Waals surface area contributed by atoms with Crippen molar-refractivity contribution in [3.05, 3.63) is 60.2 Å². The molecule has 5 atom stereocenters. The second-order valence-corrected chi connectivity index (χ2v) is 12.1. The molecule has 0 saturated heterocycles. The van der Waals surface area contributed by atoms with Crippen LogP contribution in [0.5, 0.6) is 0 Å². The van der Waals surface area contributed by atoms with E-state index in [1.165, 1.54) is 20.8 Å². The predicted octanol–water partition coefficient (Wildman–Crippen LogP) is 3.63. The number of aliphatic hydroxyl groups is 1. The number of nitrogens with zero attached hydrogens (tertiary/aromatic N) is 1. The molecule has 12 heteroatoms. The van der Waals surface area contributed by atoms with Crippen LogP contribution >= 0.6 is 7.37 Å². The van der Waals surface area contributed by atoms with E-state index in [1.807, 2.05) is 42.5 Å². The number of carboxylic acid groups (broad SMARTS) is 1. The van der Waals surface area contributed by atoms with Crippen molar-refractivity contribution in [1.82, 2.24) is 5.32 Å². The van der Waals surface area contributed by atoms with Crippen LogP contribution < -0.4 is 5.32 Å². The van der Waals surface area contributed by atoms with E-state index in [0.29, 0.717) is 5.56 Å². The maximum absolute atomic E-state index is 13.2. The zero-order chi connectivity index (χ0) is 30.0. The number of carbonyl (C=O) groups excluding carboxylic acids is 2. The Morgan fingerprint density at radius 2 is 1.55 bits per heavy atom. The molecule has 0 aliphatic heterocycles. The molecule has 5 unspecified atom stereocenters. The topological polar surface area (TPSA) is 172 Å². The van der Waals surface area contributed by atoms with E-state index in [0.717, 1.165) is 11.1 Å². The lowest BCUT2D eigenvalue weighted by Crippen LogP contribution is -2.43. The van der Waals surface area contributed by atoms with Crippen LogP contribution in [0.4, 0.5) is 0 Å². The smallest absolute Gasteiger partial charge is 0.325 e. The van der Waals surface area contributed by atoms with Crippen molar-refractivity contribution in [2.45, 2.75) is 59.8 Å². The van der Waals surface area contributed by atoms with Crippen LogP contribution in [-0.2, 0) is 34.8 Å². The van der Waals surface area contributed by atoms with Crippen LogP contribution in [0.15, 0.2) is 59.6 Å². The summed E-state index contributed by atoms with van der Waals surface area (Å²) in [5.41, 5.74) is 2.27. The van der Waals surface area contributed by atoms with Gasteiger partial charge in [0.25, 0.3) is 6.41 Å². The lowest BCUT2D eigenvalue weighted by atomic mass is 9.97. The fourth-order valence-electron chi connectivity index (χ4n) is 3.59. The summed E-state index contributed by atoms with van der Waals surface area (Å²) < 4.78 is 23.3.